The number of thioether (sulfide) groups is 1. The Balaban J connectivity index is 1.26. The normalized spacial score (nSPS) is 16.6. The number of aromatic nitrogens is 3. The number of allylic oxidation sites excluding steroid dienone is 1. The van der Waals surface area contributed by atoms with Gasteiger partial charge >= 0.3 is 12.4 Å². The van der Waals surface area contributed by atoms with Gasteiger partial charge in [-0.3, -0.25) is 0 Å². The van der Waals surface area contributed by atoms with Crippen LogP contribution in [0.2, 0.25) is 0 Å². The van der Waals surface area contributed by atoms with Crippen LogP contribution in [0.5, 0.6) is 5.75 Å². The Morgan fingerprint density at radius 2 is 1.83 bits per heavy atom. The van der Waals surface area contributed by atoms with Gasteiger partial charge in [0.1, 0.15) is 12.1 Å². The number of carbonyl (C=O) groups excluding carboxylic acids is 1. The molecule has 2 amide bonds. The summed E-state index contributed by atoms with van der Waals surface area (Å²) in [7, 11) is 0. The molecule has 1 unspecified atom stereocenters. The maximum atomic E-state index is 13.1. The molecule has 46 heavy (non-hydrogen) atoms. The Bertz CT molecular complexity index is 1750. The van der Waals surface area contributed by atoms with E-state index < -0.39 is 12.4 Å². The van der Waals surface area contributed by atoms with E-state index >= 15 is 0 Å². The van der Waals surface area contributed by atoms with E-state index in [-0.39, 0.29) is 11.8 Å². The van der Waals surface area contributed by atoms with E-state index in [2.05, 4.69) is 75.9 Å². The van der Waals surface area contributed by atoms with Gasteiger partial charge in [-0.25, -0.2) is 14.5 Å². The van der Waals surface area contributed by atoms with Crippen molar-refractivity contribution in [2.24, 2.45) is 4.99 Å². The Kier molecular flexibility index (Phi) is 9.85. The number of nitrogens with one attached hydrogen (secondary N) is 1. The first-order valence-corrected chi connectivity index (χ1v) is 15.8. The molecule has 0 spiro atoms. The van der Waals surface area contributed by atoms with Gasteiger partial charge < -0.3 is 15.0 Å². The lowest BCUT2D eigenvalue weighted by atomic mass is 9.95. The summed E-state index contributed by atoms with van der Waals surface area (Å²) in [5, 5.41) is 8.03. The molecule has 240 valence electrons. The number of benzene rings is 3. The first kappa shape index (κ1) is 32.8. The number of carbonyl (C=O) groups is 1. The lowest BCUT2D eigenvalue weighted by Gasteiger charge is -2.37. The molecule has 1 atom stereocenters. The summed E-state index contributed by atoms with van der Waals surface area (Å²) in [6, 6.07) is 18.9. The van der Waals surface area contributed by atoms with Gasteiger partial charge in [-0.05, 0) is 86.2 Å². The van der Waals surface area contributed by atoms with Crippen molar-refractivity contribution < 1.29 is 22.7 Å². The van der Waals surface area contributed by atoms with Gasteiger partial charge in [0.15, 0.2) is 11.0 Å². The number of halogens is 3. The zero-order valence-corrected chi connectivity index (χ0v) is 27.0. The van der Waals surface area contributed by atoms with Crippen molar-refractivity contribution in [2.75, 3.05) is 10.7 Å². The van der Waals surface area contributed by atoms with E-state index in [9.17, 15) is 18.0 Å². The minimum Gasteiger partial charge on any atom is -0.406 e. The zero-order chi connectivity index (χ0) is 33.0. The van der Waals surface area contributed by atoms with Crippen LogP contribution in [0, 0.1) is 6.92 Å². The number of alkyl halides is 3. The largest absolute Gasteiger partial charge is 0.573 e. The van der Waals surface area contributed by atoms with E-state index in [0.29, 0.717) is 28.3 Å². The highest BCUT2D eigenvalue weighted by Crippen LogP contribution is 2.36. The fourth-order valence-electron chi connectivity index (χ4n) is 5.38. The van der Waals surface area contributed by atoms with E-state index in [1.807, 2.05) is 37.3 Å². The molecular formula is C34H35F3N6O2S. The number of amidine groups is 1. The second-order valence-electron chi connectivity index (χ2n) is 11.3. The summed E-state index contributed by atoms with van der Waals surface area (Å²) in [6.45, 7) is 10.5. The minimum absolute atomic E-state index is 0.210. The highest BCUT2D eigenvalue weighted by molar-refractivity contribution is 8.14. The van der Waals surface area contributed by atoms with Gasteiger partial charge in [0.05, 0.1) is 5.69 Å². The molecule has 1 aromatic heterocycles. The number of hydrogen-bond acceptors (Lipinski definition) is 5. The average Bonchev–Trinajstić information content (AvgIpc) is 3.47. The summed E-state index contributed by atoms with van der Waals surface area (Å²) in [5.74, 6) is 1.36. The molecule has 1 fully saturated rings. The lowest BCUT2D eigenvalue weighted by Crippen LogP contribution is -2.42. The van der Waals surface area contributed by atoms with Crippen LogP contribution < -0.4 is 15.0 Å². The van der Waals surface area contributed by atoms with Crippen LogP contribution >= 0.6 is 11.8 Å². The number of aliphatic imine (C=N–C) groups is 1. The molecule has 8 nitrogen and oxygen atoms in total. The number of nitrogens with zero attached hydrogens (tertiary/aromatic N) is 5. The van der Waals surface area contributed by atoms with Crippen molar-refractivity contribution in [3.63, 3.8) is 0 Å². The fraction of sp³-hybridized carbons (Fsp3) is 0.294. The first-order chi connectivity index (χ1) is 21.9. The predicted molar refractivity (Wildman–Crippen MR) is 177 cm³/mol. The summed E-state index contributed by atoms with van der Waals surface area (Å²) < 4.78 is 42.7. The Labute approximate surface area is 270 Å². The third kappa shape index (κ3) is 7.97. The number of anilines is 1. The van der Waals surface area contributed by atoms with Crippen LogP contribution in [0.15, 0.2) is 83.7 Å². The number of hydrogen-bond donors (Lipinski definition) is 1. The molecule has 1 N–H and O–H groups in total. The van der Waals surface area contributed by atoms with E-state index in [0.717, 1.165) is 29.0 Å². The average molecular weight is 649 g/mol. The van der Waals surface area contributed by atoms with Crippen LogP contribution in [0.4, 0.5) is 23.7 Å². The molecule has 4 aromatic rings. The van der Waals surface area contributed by atoms with E-state index in [1.54, 1.807) is 11.8 Å². The van der Waals surface area contributed by atoms with E-state index in [1.165, 1.54) is 46.4 Å². The number of amides is 2. The molecule has 0 radical (unpaired) electrons. The molecule has 0 bridgehead atoms. The number of ether oxygens (including phenoxy) is 1. The van der Waals surface area contributed by atoms with Gasteiger partial charge in [-0.2, -0.15) is 4.99 Å². The minimum atomic E-state index is -4.75. The summed E-state index contributed by atoms with van der Waals surface area (Å²) >= 11 is 1.59. The maximum Gasteiger partial charge on any atom is 0.573 e. The molecule has 1 aliphatic rings. The number of urea groups is 1. The van der Waals surface area contributed by atoms with Crippen molar-refractivity contribution in [1.29, 1.82) is 0 Å². The smallest absolute Gasteiger partial charge is 0.406 e. The molecule has 1 saturated heterocycles. The molecule has 1 aliphatic heterocycles. The van der Waals surface area contributed by atoms with Gasteiger partial charge in [0.25, 0.3) is 0 Å². The Morgan fingerprint density at radius 1 is 1.11 bits per heavy atom. The van der Waals surface area contributed by atoms with Gasteiger partial charge in [0, 0.05) is 28.7 Å². The number of aryl methyl sites for hydroxylation is 1. The molecular weight excluding hydrogens is 613 g/mol. The fourth-order valence-corrected chi connectivity index (χ4v) is 6.59. The Morgan fingerprint density at radius 3 is 2.50 bits per heavy atom. The van der Waals surface area contributed by atoms with Crippen LogP contribution in [-0.2, 0) is 0 Å². The maximum absolute atomic E-state index is 13.1. The Hall–Kier alpha value is -4.58. The first-order valence-electron chi connectivity index (χ1n) is 14.9. The number of rotatable bonds is 7. The second kappa shape index (κ2) is 13.8. The third-order valence-electron chi connectivity index (χ3n) is 7.43. The molecule has 12 heteroatoms. The van der Waals surface area contributed by atoms with Crippen molar-refractivity contribution >= 4 is 34.7 Å². The zero-order valence-electron chi connectivity index (χ0n) is 26.2. The predicted octanol–water partition coefficient (Wildman–Crippen LogP) is 8.72. The summed E-state index contributed by atoms with van der Waals surface area (Å²) in [5.41, 5.74) is 6.37. The second-order valence-corrected chi connectivity index (χ2v) is 12.4. The standard InChI is InChI=1S/C34H35F3N6O2S/c1-21(2)30-22(3)7-6-8-29(30)43-24(5)17-18-46-33(43)40-32(44)39-23(4)19-25-9-11-26(12-10-25)31-38-20-42(41-31)27-13-15-28(16-14-27)45-34(35,36)37/h6-16,19-21,24H,17-18H2,1-5H3,(H,39,44)/b23-19+,40-33?. The molecule has 0 aliphatic carbocycles. The lowest BCUT2D eigenvalue weighted by molar-refractivity contribution is -0.274. The van der Waals surface area contributed by atoms with Crippen molar-refractivity contribution in [3.8, 4) is 22.8 Å². The van der Waals surface area contributed by atoms with Crippen LogP contribution in [0.3, 0.4) is 0 Å². The van der Waals surface area contributed by atoms with Crippen LogP contribution in [0.1, 0.15) is 56.7 Å². The highest BCUT2D eigenvalue weighted by Gasteiger charge is 2.31. The summed E-state index contributed by atoms with van der Waals surface area (Å²) in [6.07, 6.45) is -0.421. The van der Waals surface area contributed by atoms with Crippen molar-refractivity contribution in [3.05, 3.63) is 95.4 Å². The topological polar surface area (TPSA) is 84.6 Å². The van der Waals surface area contributed by atoms with Gasteiger partial charge in [-0.1, -0.05) is 62.0 Å². The molecule has 2 heterocycles. The van der Waals surface area contributed by atoms with Crippen molar-refractivity contribution in [2.45, 2.75) is 59.4 Å². The molecule has 0 saturated carbocycles. The van der Waals surface area contributed by atoms with E-state index in [4.69, 9.17) is 0 Å². The van der Waals surface area contributed by atoms with Crippen LogP contribution in [-0.4, -0.2) is 44.1 Å². The SMILES string of the molecule is C/C(=C\c1ccc(-c2ncn(-c3ccc(OC(F)(F)F)cc3)n2)cc1)NC(=O)N=C1SCCC(C)N1c1cccc(C)c1C(C)C. The van der Waals surface area contributed by atoms with Crippen LogP contribution in [0.25, 0.3) is 23.2 Å². The highest BCUT2D eigenvalue weighted by atomic mass is 32.2. The summed E-state index contributed by atoms with van der Waals surface area (Å²) in [4.78, 5) is 24.1. The third-order valence-corrected chi connectivity index (χ3v) is 8.42. The molecule has 5 rings (SSSR count). The van der Waals surface area contributed by atoms with Crippen molar-refractivity contribution in [1.82, 2.24) is 20.1 Å². The monoisotopic (exact) mass is 648 g/mol. The quantitative estimate of drug-likeness (QED) is 0.216. The van der Waals surface area contributed by atoms with Gasteiger partial charge in [-0.15, -0.1) is 18.3 Å². The molecule has 3 aromatic carbocycles. The van der Waals surface area contributed by atoms with Gasteiger partial charge in [0.2, 0.25) is 0 Å².